The monoisotopic (exact) mass is 592 g/mol. The van der Waals surface area contributed by atoms with Crippen molar-refractivity contribution in [3.8, 4) is 5.75 Å². The second-order valence-corrected chi connectivity index (χ2v) is 10.0. The molecule has 2 N–H and O–H groups in total. The normalized spacial score (nSPS) is 12.3. The molecule has 0 aliphatic rings. The van der Waals surface area contributed by atoms with Crippen LogP contribution in [0.25, 0.3) is 6.08 Å². The standard InChI is InChI=1S/C34H28F4O5/c35-30-17-18-31(43-21-25-8-15-29(16-9-25)34(36,37)38)28(20-30)14-7-23(19-24-5-12-27(13-6-24)33(41)42)2-1-22-3-10-26(11-4-22)32(39)40/h3-18,20,23H,1-2,19,21H2,(H,39,40)(H,41,42)/b14-7+/t23-/m0/s1. The van der Waals surface area contributed by atoms with E-state index in [9.17, 15) is 32.3 Å². The number of alkyl halides is 3. The van der Waals surface area contributed by atoms with Crippen LogP contribution in [0.15, 0.2) is 97.1 Å². The lowest BCUT2D eigenvalue weighted by Gasteiger charge is -2.15. The molecule has 5 nitrogen and oxygen atoms in total. The molecule has 222 valence electrons. The maximum atomic E-state index is 14.2. The van der Waals surface area contributed by atoms with E-state index < -0.39 is 29.5 Å². The highest BCUT2D eigenvalue weighted by atomic mass is 19.4. The number of carboxylic acid groups (broad SMARTS) is 2. The van der Waals surface area contributed by atoms with E-state index in [1.807, 2.05) is 6.08 Å². The summed E-state index contributed by atoms with van der Waals surface area (Å²) in [6.07, 6.45) is 1.04. The molecule has 0 amide bonds. The van der Waals surface area contributed by atoms with Crippen LogP contribution in [0, 0.1) is 11.7 Å². The van der Waals surface area contributed by atoms with Crippen molar-refractivity contribution in [2.75, 3.05) is 0 Å². The summed E-state index contributed by atoms with van der Waals surface area (Å²) in [6.45, 7) is -0.0176. The van der Waals surface area contributed by atoms with Crippen molar-refractivity contribution in [2.24, 2.45) is 5.92 Å². The van der Waals surface area contributed by atoms with Crippen molar-refractivity contribution in [2.45, 2.75) is 32.0 Å². The summed E-state index contributed by atoms with van der Waals surface area (Å²) >= 11 is 0. The smallest absolute Gasteiger partial charge is 0.416 e. The minimum absolute atomic E-state index is 0.0176. The molecule has 0 saturated heterocycles. The lowest BCUT2D eigenvalue weighted by molar-refractivity contribution is -0.137. The molecule has 9 heteroatoms. The Hall–Kier alpha value is -4.92. The Bertz CT molecular complexity index is 1580. The molecular formula is C34H28F4O5. The molecule has 0 spiro atoms. The second-order valence-electron chi connectivity index (χ2n) is 10.0. The molecule has 0 fully saturated rings. The Kier molecular flexibility index (Phi) is 9.98. The molecule has 43 heavy (non-hydrogen) atoms. The summed E-state index contributed by atoms with van der Waals surface area (Å²) in [6, 6.07) is 21.8. The fourth-order valence-corrected chi connectivity index (χ4v) is 4.49. The maximum Gasteiger partial charge on any atom is 0.416 e. The number of benzene rings is 4. The first-order valence-electron chi connectivity index (χ1n) is 13.4. The molecule has 4 aromatic rings. The average Bonchev–Trinajstić information content (AvgIpc) is 2.98. The van der Waals surface area contributed by atoms with Crippen LogP contribution in [0.3, 0.4) is 0 Å². The Balaban J connectivity index is 1.52. The van der Waals surface area contributed by atoms with Gasteiger partial charge in [0.1, 0.15) is 18.2 Å². The van der Waals surface area contributed by atoms with Crippen molar-refractivity contribution in [3.63, 3.8) is 0 Å². The quantitative estimate of drug-likeness (QED) is 0.162. The van der Waals surface area contributed by atoms with E-state index in [4.69, 9.17) is 9.84 Å². The van der Waals surface area contributed by atoms with Gasteiger partial charge in [0.25, 0.3) is 0 Å². The molecule has 4 aromatic carbocycles. The van der Waals surface area contributed by atoms with Crippen LogP contribution in [-0.2, 0) is 25.6 Å². The van der Waals surface area contributed by atoms with Crippen LogP contribution in [0.1, 0.15) is 55.0 Å². The second kappa shape index (κ2) is 13.8. The number of aromatic carboxylic acids is 2. The number of allylic oxidation sites excluding steroid dienone is 1. The van der Waals surface area contributed by atoms with Gasteiger partial charge in [0, 0.05) is 5.56 Å². The zero-order valence-corrected chi connectivity index (χ0v) is 22.9. The van der Waals surface area contributed by atoms with Gasteiger partial charge in [-0.15, -0.1) is 0 Å². The van der Waals surface area contributed by atoms with Gasteiger partial charge in [-0.05, 0) is 96.5 Å². The van der Waals surface area contributed by atoms with Gasteiger partial charge in [-0.3, -0.25) is 0 Å². The van der Waals surface area contributed by atoms with Gasteiger partial charge in [0.15, 0.2) is 0 Å². The molecule has 0 heterocycles. The molecule has 0 unspecified atom stereocenters. The fraction of sp³-hybridized carbons (Fsp3) is 0.176. The Morgan fingerprint density at radius 3 is 1.88 bits per heavy atom. The SMILES string of the molecule is O=C(O)c1ccc(CC[C@@H](/C=C/c2cc(F)ccc2OCc2ccc(C(F)(F)F)cc2)Cc2ccc(C(=O)O)cc2)cc1. The number of halogens is 4. The first-order chi connectivity index (χ1) is 20.5. The first-order valence-corrected chi connectivity index (χ1v) is 13.4. The minimum atomic E-state index is -4.44. The van der Waals surface area contributed by atoms with E-state index >= 15 is 0 Å². The summed E-state index contributed by atoms with van der Waals surface area (Å²) in [5.41, 5.74) is 2.41. The summed E-state index contributed by atoms with van der Waals surface area (Å²) in [7, 11) is 0. The number of hydrogen-bond acceptors (Lipinski definition) is 3. The summed E-state index contributed by atoms with van der Waals surface area (Å²) < 4.78 is 58.7. The number of aryl methyl sites for hydroxylation is 1. The Morgan fingerprint density at radius 1 is 0.767 bits per heavy atom. The van der Waals surface area contributed by atoms with Crippen molar-refractivity contribution >= 4 is 18.0 Å². The fourth-order valence-electron chi connectivity index (χ4n) is 4.49. The van der Waals surface area contributed by atoms with E-state index in [1.165, 1.54) is 42.5 Å². The Labute approximate surface area is 245 Å². The third kappa shape index (κ3) is 9.03. The van der Waals surface area contributed by atoms with Gasteiger partial charge >= 0.3 is 18.1 Å². The van der Waals surface area contributed by atoms with Crippen LogP contribution in [0.5, 0.6) is 5.75 Å². The van der Waals surface area contributed by atoms with Crippen LogP contribution < -0.4 is 4.74 Å². The molecule has 0 aliphatic carbocycles. The number of carboxylic acids is 2. The third-order valence-electron chi connectivity index (χ3n) is 6.90. The molecule has 0 bridgehead atoms. The van der Waals surface area contributed by atoms with Crippen molar-refractivity contribution in [1.82, 2.24) is 0 Å². The largest absolute Gasteiger partial charge is 0.488 e. The first kappa shape index (κ1) is 31.0. The van der Waals surface area contributed by atoms with E-state index in [-0.39, 0.29) is 23.7 Å². The molecule has 0 aromatic heterocycles. The highest BCUT2D eigenvalue weighted by Crippen LogP contribution is 2.30. The van der Waals surface area contributed by atoms with Crippen molar-refractivity contribution in [3.05, 3.63) is 142 Å². The molecule has 0 radical (unpaired) electrons. The zero-order chi connectivity index (χ0) is 31.0. The van der Waals surface area contributed by atoms with Crippen LogP contribution >= 0.6 is 0 Å². The van der Waals surface area contributed by atoms with Gasteiger partial charge in [0.05, 0.1) is 16.7 Å². The van der Waals surface area contributed by atoms with Gasteiger partial charge in [-0.1, -0.05) is 48.6 Å². The van der Waals surface area contributed by atoms with Gasteiger partial charge in [-0.25, -0.2) is 14.0 Å². The number of hydrogen-bond donors (Lipinski definition) is 2. The number of carbonyl (C=O) groups is 2. The predicted octanol–water partition coefficient (Wildman–Crippen LogP) is 8.32. The van der Waals surface area contributed by atoms with Crippen LogP contribution in [-0.4, -0.2) is 22.2 Å². The van der Waals surface area contributed by atoms with Crippen LogP contribution in [0.4, 0.5) is 17.6 Å². The third-order valence-corrected chi connectivity index (χ3v) is 6.90. The maximum absolute atomic E-state index is 14.2. The molecule has 1 atom stereocenters. The lowest BCUT2D eigenvalue weighted by Crippen LogP contribution is -2.05. The average molecular weight is 593 g/mol. The van der Waals surface area contributed by atoms with E-state index in [0.717, 1.165) is 23.3 Å². The summed E-state index contributed by atoms with van der Waals surface area (Å²) in [5.74, 6) is -2.24. The van der Waals surface area contributed by atoms with E-state index in [0.29, 0.717) is 36.1 Å². The topological polar surface area (TPSA) is 83.8 Å². The van der Waals surface area contributed by atoms with Crippen molar-refractivity contribution in [1.29, 1.82) is 0 Å². The van der Waals surface area contributed by atoms with E-state index in [2.05, 4.69) is 0 Å². The lowest BCUT2D eigenvalue weighted by atomic mass is 9.91. The predicted molar refractivity (Wildman–Crippen MR) is 154 cm³/mol. The molecule has 0 saturated carbocycles. The summed E-state index contributed by atoms with van der Waals surface area (Å²) in [4.78, 5) is 22.4. The highest BCUT2D eigenvalue weighted by Gasteiger charge is 2.29. The van der Waals surface area contributed by atoms with Gasteiger partial charge in [-0.2, -0.15) is 13.2 Å². The van der Waals surface area contributed by atoms with E-state index in [1.54, 1.807) is 42.5 Å². The zero-order valence-electron chi connectivity index (χ0n) is 22.9. The minimum Gasteiger partial charge on any atom is -0.488 e. The van der Waals surface area contributed by atoms with Crippen molar-refractivity contribution < 1.29 is 42.1 Å². The molecule has 0 aliphatic heterocycles. The molecular weight excluding hydrogens is 564 g/mol. The Morgan fingerprint density at radius 2 is 1.33 bits per heavy atom. The number of ether oxygens (including phenoxy) is 1. The van der Waals surface area contributed by atoms with Gasteiger partial charge in [0.2, 0.25) is 0 Å². The van der Waals surface area contributed by atoms with Crippen LogP contribution in [0.2, 0.25) is 0 Å². The van der Waals surface area contributed by atoms with Gasteiger partial charge < -0.3 is 14.9 Å². The highest BCUT2D eigenvalue weighted by molar-refractivity contribution is 5.88. The molecule has 4 rings (SSSR count). The summed E-state index contributed by atoms with van der Waals surface area (Å²) in [5, 5.41) is 18.4. The number of rotatable bonds is 12.